The molecule has 0 fully saturated rings. The number of rotatable bonds is 2. The summed E-state index contributed by atoms with van der Waals surface area (Å²) in [7, 11) is 1.43. The minimum absolute atomic E-state index is 0.171. The number of carbonyl (C=O) groups is 1. The number of likely N-dealkylation sites (N-methyl/N-ethyl adjacent to an activating group) is 1. The minimum atomic E-state index is -1.03. The van der Waals surface area contributed by atoms with Crippen molar-refractivity contribution in [2.75, 3.05) is 13.7 Å². The molecule has 0 bridgehead atoms. The number of hydrogen-bond acceptors (Lipinski definition) is 2. The molecule has 0 aliphatic rings. The molecule has 0 radical (unpaired) electrons. The van der Waals surface area contributed by atoms with Crippen molar-refractivity contribution in [3.63, 3.8) is 0 Å². The van der Waals surface area contributed by atoms with Crippen molar-refractivity contribution in [2.45, 2.75) is 19.4 Å². The lowest BCUT2D eigenvalue weighted by atomic mass is 10.1. The molecular formula is C6H13NO3. The zero-order valence-electron chi connectivity index (χ0n) is 6.46. The van der Waals surface area contributed by atoms with Gasteiger partial charge in [0.1, 0.15) is 0 Å². The van der Waals surface area contributed by atoms with Gasteiger partial charge in [0.15, 0.2) is 0 Å². The molecule has 0 heterocycles. The first-order valence-electron chi connectivity index (χ1n) is 2.99. The second-order valence-corrected chi connectivity index (χ2v) is 2.81. The Hall–Kier alpha value is -0.770. The van der Waals surface area contributed by atoms with E-state index in [2.05, 4.69) is 0 Å². The van der Waals surface area contributed by atoms with Gasteiger partial charge in [-0.2, -0.15) is 0 Å². The third-order valence-electron chi connectivity index (χ3n) is 1.58. The van der Waals surface area contributed by atoms with Gasteiger partial charge in [-0.3, -0.25) is 0 Å². The first-order chi connectivity index (χ1) is 4.41. The number of hydrogen-bond donors (Lipinski definition) is 2. The average Bonchev–Trinajstić information content (AvgIpc) is 1.86. The van der Waals surface area contributed by atoms with Crippen molar-refractivity contribution in [3.8, 4) is 0 Å². The minimum Gasteiger partial charge on any atom is -0.465 e. The topological polar surface area (TPSA) is 60.8 Å². The molecule has 0 aliphatic heterocycles. The summed E-state index contributed by atoms with van der Waals surface area (Å²) < 4.78 is 0. The maximum atomic E-state index is 10.3. The summed E-state index contributed by atoms with van der Waals surface area (Å²) in [6.45, 7) is 3.14. The van der Waals surface area contributed by atoms with Gasteiger partial charge in [0, 0.05) is 7.05 Å². The van der Waals surface area contributed by atoms with Crippen molar-refractivity contribution in [3.05, 3.63) is 0 Å². The van der Waals surface area contributed by atoms with Gasteiger partial charge in [-0.25, -0.2) is 4.79 Å². The molecule has 4 heteroatoms. The molecule has 0 spiro atoms. The van der Waals surface area contributed by atoms with Gasteiger partial charge in [0.05, 0.1) is 12.1 Å². The predicted octanol–water partition coefficient (Wildman–Crippen LogP) is 0.367. The van der Waals surface area contributed by atoms with Crippen LogP contribution in [0.3, 0.4) is 0 Å². The third-order valence-corrected chi connectivity index (χ3v) is 1.58. The highest BCUT2D eigenvalue weighted by atomic mass is 16.4. The van der Waals surface area contributed by atoms with Crippen LogP contribution in [-0.4, -0.2) is 40.4 Å². The molecule has 0 aliphatic carbocycles. The summed E-state index contributed by atoms with van der Waals surface area (Å²) >= 11 is 0. The van der Waals surface area contributed by atoms with Gasteiger partial charge >= 0.3 is 6.09 Å². The van der Waals surface area contributed by atoms with E-state index in [9.17, 15) is 4.79 Å². The van der Waals surface area contributed by atoms with E-state index in [-0.39, 0.29) is 6.61 Å². The van der Waals surface area contributed by atoms with Gasteiger partial charge in [0.25, 0.3) is 0 Å². The van der Waals surface area contributed by atoms with Crippen LogP contribution in [0.5, 0.6) is 0 Å². The van der Waals surface area contributed by atoms with E-state index in [4.69, 9.17) is 10.2 Å². The standard InChI is InChI=1S/C6H13NO3/c1-6(2,4-8)7(3)5(9)10/h8H,4H2,1-3H3,(H,9,10). The monoisotopic (exact) mass is 147 g/mol. The molecule has 10 heavy (non-hydrogen) atoms. The largest absolute Gasteiger partial charge is 0.465 e. The van der Waals surface area contributed by atoms with Crippen molar-refractivity contribution in [1.82, 2.24) is 4.90 Å². The van der Waals surface area contributed by atoms with E-state index in [1.54, 1.807) is 13.8 Å². The molecule has 1 amide bonds. The Morgan fingerprint density at radius 3 is 2.10 bits per heavy atom. The molecule has 60 valence electrons. The number of amides is 1. The number of carboxylic acid groups (broad SMARTS) is 1. The van der Waals surface area contributed by atoms with Gasteiger partial charge < -0.3 is 15.1 Å². The first-order valence-corrected chi connectivity index (χ1v) is 2.99. The average molecular weight is 147 g/mol. The molecule has 0 saturated carbocycles. The fourth-order valence-corrected chi connectivity index (χ4v) is 0.365. The van der Waals surface area contributed by atoms with Gasteiger partial charge in [-0.1, -0.05) is 0 Å². The maximum absolute atomic E-state index is 10.3. The molecule has 2 N–H and O–H groups in total. The lowest BCUT2D eigenvalue weighted by Gasteiger charge is -2.31. The normalized spacial score (nSPS) is 11.2. The molecule has 0 aromatic heterocycles. The maximum Gasteiger partial charge on any atom is 0.407 e. The van der Waals surface area contributed by atoms with Crippen LogP contribution in [0.2, 0.25) is 0 Å². The molecule has 0 atom stereocenters. The van der Waals surface area contributed by atoms with Crippen molar-refractivity contribution >= 4 is 6.09 Å². The van der Waals surface area contributed by atoms with E-state index in [1.807, 2.05) is 0 Å². The van der Waals surface area contributed by atoms with E-state index in [0.29, 0.717) is 0 Å². The van der Waals surface area contributed by atoms with Crippen LogP contribution in [-0.2, 0) is 0 Å². The van der Waals surface area contributed by atoms with Crippen LogP contribution in [0, 0.1) is 0 Å². The number of nitrogens with zero attached hydrogens (tertiary/aromatic N) is 1. The van der Waals surface area contributed by atoms with Crippen LogP contribution in [0.15, 0.2) is 0 Å². The predicted molar refractivity (Wildman–Crippen MR) is 37.0 cm³/mol. The Morgan fingerprint density at radius 1 is 1.60 bits per heavy atom. The third kappa shape index (κ3) is 1.88. The Morgan fingerprint density at radius 2 is 2.00 bits per heavy atom. The molecule has 0 rings (SSSR count). The van der Waals surface area contributed by atoms with Crippen molar-refractivity contribution in [1.29, 1.82) is 0 Å². The lowest BCUT2D eigenvalue weighted by Crippen LogP contribution is -2.46. The van der Waals surface area contributed by atoms with Gasteiger partial charge in [-0.15, -0.1) is 0 Å². The SMILES string of the molecule is CN(C(=O)O)C(C)(C)CO. The summed E-state index contributed by atoms with van der Waals surface area (Å²) in [6, 6.07) is 0. The summed E-state index contributed by atoms with van der Waals surface area (Å²) in [5.41, 5.74) is -0.689. The molecule has 0 unspecified atom stereocenters. The van der Waals surface area contributed by atoms with Gasteiger partial charge in [-0.05, 0) is 13.8 Å². The highest BCUT2D eigenvalue weighted by Gasteiger charge is 2.25. The van der Waals surface area contributed by atoms with Gasteiger partial charge in [0.2, 0.25) is 0 Å². The fraction of sp³-hybridized carbons (Fsp3) is 0.833. The summed E-state index contributed by atoms with van der Waals surface area (Å²) in [5, 5.41) is 17.2. The Balaban J connectivity index is 4.17. The van der Waals surface area contributed by atoms with Crippen LogP contribution in [0.4, 0.5) is 4.79 Å². The quantitative estimate of drug-likeness (QED) is 0.593. The van der Waals surface area contributed by atoms with E-state index in [1.165, 1.54) is 7.05 Å². The Bertz CT molecular complexity index is 133. The smallest absolute Gasteiger partial charge is 0.407 e. The van der Waals surface area contributed by atoms with E-state index in [0.717, 1.165) is 4.90 Å². The van der Waals surface area contributed by atoms with Crippen LogP contribution < -0.4 is 0 Å². The second-order valence-electron chi connectivity index (χ2n) is 2.81. The van der Waals surface area contributed by atoms with Crippen LogP contribution >= 0.6 is 0 Å². The van der Waals surface area contributed by atoms with E-state index < -0.39 is 11.6 Å². The zero-order chi connectivity index (χ0) is 8.36. The number of aliphatic hydroxyl groups is 1. The Kier molecular flexibility index (Phi) is 2.65. The molecule has 0 saturated heterocycles. The van der Waals surface area contributed by atoms with E-state index >= 15 is 0 Å². The zero-order valence-corrected chi connectivity index (χ0v) is 6.46. The Labute approximate surface area is 60.1 Å². The van der Waals surface area contributed by atoms with Crippen molar-refractivity contribution in [2.24, 2.45) is 0 Å². The summed E-state index contributed by atoms with van der Waals surface area (Å²) in [5.74, 6) is 0. The fourth-order valence-electron chi connectivity index (χ4n) is 0.365. The first kappa shape index (κ1) is 9.23. The van der Waals surface area contributed by atoms with Crippen molar-refractivity contribution < 1.29 is 15.0 Å². The highest BCUT2D eigenvalue weighted by Crippen LogP contribution is 2.09. The molecular weight excluding hydrogens is 134 g/mol. The second kappa shape index (κ2) is 2.88. The molecule has 0 aromatic rings. The lowest BCUT2D eigenvalue weighted by molar-refractivity contribution is 0.0709. The summed E-state index contributed by atoms with van der Waals surface area (Å²) in [6.07, 6.45) is -1.03. The molecule has 0 aromatic carbocycles. The van der Waals surface area contributed by atoms with Crippen LogP contribution in [0.1, 0.15) is 13.8 Å². The summed E-state index contributed by atoms with van der Waals surface area (Å²) in [4.78, 5) is 11.4. The van der Waals surface area contributed by atoms with Crippen LogP contribution in [0.25, 0.3) is 0 Å². The molecule has 4 nitrogen and oxygen atoms in total. The number of aliphatic hydroxyl groups excluding tert-OH is 1. The highest BCUT2D eigenvalue weighted by molar-refractivity contribution is 5.65.